The zero-order chi connectivity index (χ0) is 17.6. The maximum absolute atomic E-state index is 11.0. The van der Waals surface area contributed by atoms with E-state index in [2.05, 4.69) is 15.2 Å². The van der Waals surface area contributed by atoms with Crippen LogP contribution >= 0.6 is 36.4 Å². The van der Waals surface area contributed by atoms with Crippen LogP contribution in [0, 0.1) is 5.92 Å². The fourth-order valence-electron chi connectivity index (χ4n) is 3.73. The van der Waals surface area contributed by atoms with Crippen LogP contribution in [0.5, 0.6) is 0 Å². The molecule has 2 aliphatic rings. The van der Waals surface area contributed by atoms with Crippen LogP contribution in [0.4, 0.5) is 5.82 Å². The molecule has 1 aliphatic heterocycles. The first-order chi connectivity index (χ1) is 12.1. The molecule has 2 heterocycles. The van der Waals surface area contributed by atoms with Crippen molar-refractivity contribution in [1.29, 1.82) is 0 Å². The zero-order valence-electron chi connectivity index (χ0n) is 15.1. The minimum absolute atomic E-state index is 0. The van der Waals surface area contributed by atoms with E-state index < -0.39 is 5.91 Å². The van der Waals surface area contributed by atoms with Gasteiger partial charge in [0, 0.05) is 37.9 Å². The Bertz CT molecular complexity index is 639. The summed E-state index contributed by atoms with van der Waals surface area (Å²) in [6.45, 7) is 3.38. The molecule has 1 aromatic heterocycles. The summed E-state index contributed by atoms with van der Waals surface area (Å²) in [6.07, 6.45) is 11.1. The minimum Gasteiger partial charge on any atom is -0.365 e. The van der Waals surface area contributed by atoms with E-state index in [4.69, 9.17) is 16.8 Å². The van der Waals surface area contributed by atoms with Crippen molar-refractivity contribution in [3.8, 4) is 0 Å². The van der Waals surface area contributed by atoms with Crippen molar-refractivity contribution in [2.45, 2.75) is 38.1 Å². The Morgan fingerprint density at radius 3 is 2.74 bits per heavy atom. The van der Waals surface area contributed by atoms with Crippen LogP contribution < -0.4 is 10.8 Å². The number of aromatic nitrogens is 1. The molecule has 1 aromatic rings. The Morgan fingerprint density at radius 1 is 1.33 bits per heavy atom. The lowest BCUT2D eigenvalue weighted by atomic mass is 10.1. The van der Waals surface area contributed by atoms with Gasteiger partial charge in [-0.2, -0.15) is 0 Å². The number of hydrogen-bond donors (Lipinski definition) is 3. The van der Waals surface area contributed by atoms with Crippen LogP contribution in [0.15, 0.2) is 18.3 Å². The van der Waals surface area contributed by atoms with Gasteiger partial charge in [0.1, 0.15) is 5.82 Å². The number of halogens is 3. The molecule has 1 atom stereocenters. The van der Waals surface area contributed by atoms with Gasteiger partial charge in [0.05, 0.1) is 5.02 Å². The number of anilines is 1. The summed E-state index contributed by atoms with van der Waals surface area (Å²) in [6, 6.07) is 2.12. The molecular formula is C18H27Cl3N4O2. The third-order valence-corrected chi connectivity index (χ3v) is 5.29. The molecule has 1 saturated carbocycles. The lowest BCUT2D eigenvalue weighted by Gasteiger charge is -2.20. The van der Waals surface area contributed by atoms with Gasteiger partial charge in [0.2, 0.25) is 0 Å². The highest BCUT2D eigenvalue weighted by Gasteiger charge is 2.26. The standard InChI is InChI=1S/C18H25ClN4O2.2ClH/c19-16-9-14(5-6-17(24)22-25)10-20-18(16)21-15-7-8-23(12-15)11-13-3-1-2-4-13;;/h5-6,9-10,13,15,25H,1-4,7-8,11-12H2,(H,20,21)(H,22,24);2*1H/b6-5+;;. The Hall–Kier alpha value is -1.05. The number of likely N-dealkylation sites (tertiary alicyclic amines) is 1. The summed E-state index contributed by atoms with van der Waals surface area (Å²) in [5, 5.41) is 12.4. The molecule has 6 nitrogen and oxygen atoms in total. The van der Waals surface area contributed by atoms with Gasteiger partial charge in [-0.25, -0.2) is 10.5 Å². The van der Waals surface area contributed by atoms with Crippen molar-refractivity contribution in [2.24, 2.45) is 5.92 Å². The predicted molar refractivity (Wildman–Crippen MR) is 113 cm³/mol. The van der Waals surface area contributed by atoms with E-state index in [1.165, 1.54) is 38.3 Å². The number of carbonyl (C=O) groups excluding carboxylic acids is 1. The van der Waals surface area contributed by atoms with Crippen LogP contribution in [0.1, 0.15) is 37.7 Å². The monoisotopic (exact) mass is 436 g/mol. The number of rotatable bonds is 6. The fourth-order valence-corrected chi connectivity index (χ4v) is 3.96. The molecule has 1 unspecified atom stereocenters. The van der Waals surface area contributed by atoms with Gasteiger partial charge >= 0.3 is 0 Å². The van der Waals surface area contributed by atoms with Gasteiger partial charge in [0.25, 0.3) is 5.91 Å². The number of hydrogen-bond acceptors (Lipinski definition) is 5. The maximum atomic E-state index is 11.0. The van der Waals surface area contributed by atoms with Crippen molar-refractivity contribution < 1.29 is 10.0 Å². The number of carbonyl (C=O) groups is 1. The molecule has 152 valence electrons. The van der Waals surface area contributed by atoms with E-state index >= 15 is 0 Å². The quantitative estimate of drug-likeness (QED) is 0.359. The number of nitrogens with zero attached hydrogens (tertiary/aromatic N) is 2. The van der Waals surface area contributed by atoms with Crippen LogP contribution in [-0.2, 0) is 4.79 Å². The second-order valence-corrected chi connectivity index (χ2v) is 7.36. The Balaban J connectivity index is 0.00000182. The van der Waals surface area contributed by atoms with E-state index in [0.29, 0.717) is 22.4 Å². The lowest BCUT2D eigenvalue weighted by molar-refractivity contribution is -0.124. The lowest BCUT2D eigenvalue weighted by Crippen LogP contribution is -2.30. The average molecular weight is 438 g/mol. The van der Waals surface area contributed by atoms with Crippen molar-refractivity contribution in [3.63, 3.8) is 0 Å². The van der Waals surface area contributed by atoms with Gasteiger partial charge in [-0.1, -0.05) is 24.4 Å². The molecule has 0 aromatic carbocycles. The highest BCUT2D eigenvalue weighted by atomic mass is 35.5. The molecule has 2 fully saturated rings. The molecule has 0 bridgehead atoms. The van der Waals surface area contributed by atoms with Crippen molar-refractivity contribution in [1.82, 2.24) is 15.4 Å². The van der Waals surface area contributed by atoms with Crippen molar-refractivity contribution >= 4 is 54.2 Å². The zero-order valence-corrected chi connectivity index (χ0v) is 17.5. The summed E-state index contributed by atoms with van der Waals surface area (Å²) in [5.74, 6) is 0.965. The molecule has 1 aliphatic carbocycles. The van der Waals surface area contributed by atoms with Gasteiger partial charge in [-0.15, -0.1) is 24.8 Å². The summed E-state index contributed by atoms with van der Waals surface area (Å²) in [4.78, 5) is 17.9. The van der Waals surface area contributed by atoms with E-state index in [9.17, 15) is 4.79 Å². The third-order valence-electron chi connectivity index (χ3n) is 5.00. The van der Waals surface area contributed by atoms with Crippen molar-refractivity contribution in [2.75, 3.05) is 25.0 Å². The Morgan fingerprint density at radius 2 is 2.07 bits per heavy atom. The first-order valence-electron chi connectivity index (χ1n) is 8.90. The van der Waals surface area contributed by atoms with Gasteiger partial charge in [-0.3, -0.25) is 10.0 Å². The second kappa shape index (κ2) is 11.7. The van der Waals surface area contributed by atoms with Crippen LogP contribution in [0.3, 0.4) is 0 Å². The molecule has 3 N–H and O–H groups in total. The average Bonchev–Trinajstić information content (AvgIpc) is 3.27. The molecule has 0 spiro atoms. The molecule has 1 saturated heterocycles. The van der Waals surface area contributed by atoms with Crippen molar-refractivity contribution in [3.05, 3.63) is 28.9 Å². The highest BCUT2D eigenvalue weighted by molar-refractivity contribution is 6.33. The molecule has 9 heteroatoms. The van der Waals surface area contributed by atoms with E-state index in [0.717, 1.165) is 25.4 Å². The largest absolute Gasteiger partial charge is 0.365 e. The molecule has 0 radical (unpaired) electrons. The van der Waals surface area contributed by atoms with Gasteiger partial charge in [-0.05, 0) is 42.9 Å². The molecular weight excluding hydrogens is 411 g/mol. The van der Waals surface area contributed by atoms with Crippen LogP contribution in [0.2, 0.25) is 5.02 Å². The number of nitrogens with one attached hydrogen (secondary N) is 2. The maximum Gasteiger partial charge on any atom is 0.267 e. The normalized spacial score (nSPS) is 20.3. The smallest absolute Gasteiger partial charge is 0.267 e. The minimum atomic E-state index is -0.591. The Labute approximate surface area is 177 Å². The fraction of sp³-hybridized carbons (Fsp3) is 0.556. The van der Waals surface area contributed by atoms with E-state index in [-0.39, 0.29) is 24.8 Å². The van der Waals surface area contributed by atoms with Gasteiger partial charge < -0.3 is 10.2 Å². The SMILES string of the molecule is Cl.Cl.O=C(/C=C/c1cnc(NC2CCN(CC3CCCC3)C2)c(Cl)c1)NO. The van der Waals surface area contributed by atoms with E-state index in [1.807, 2.05) is 0 Å². The number of pyridine rings is 1. The first kappa shape index (κ1) is 24.0. The highest BCUT2D eigenvalue weighted by Crippen LogP contribution is 2.28. The summed E-state index contributed by atoms with van der Waals surface area (Å²) >= 11 is 6.31. The first-order valence-corrected chi connectivity index (χ1v) is 9.28. The second-order valence-electron chi connectivity index (χ2n) is 6.95. The van der Waals surface area contributed by atoms with Crippen LogP contribution in [0.25, 0.3) is 6.08 Å². The summed E-state index contributed by atoms with van der Waals surface area (Å²) in [7, 11) is 0. The topological polar surface area (TPSA) is 77.5 Å². The molecule has 27 heavy (non-hydrogen) atoms. The number of amides is 1. The van der Waals surface area contributed by atoms with Crippen LogP contribution in [-0.4, -0.2) is 46.7 Å². The summed E-state index contributed by atoms with van der Waals surface area (Å²) < 4.78 is 0. The third kappa shape index (κ3) is 7.12. The molecule has 1 amide bonds. The summed E-state index contributed by atoms with van der Waals surface area (Å²) in [5.41, 5.74) is 2.25. The Kier molecular flexibility index (Phi) is 10.4. The molecule has 3 rings (SSSR count). The van der Waals surface area contributed by atoms with E-state index in [1.54, 1.807) is 23.8 Å². The van der Waals surface area contributed by atoms with Gasteiger partial charge in [0.15, 0.2) is 0 Å². The number of hydroxylamine groups is 1. The predicted octanol–water partition coefficient (Wildman–Crippen LogP) is 3.77.